The second-order valence-electron chi connectivity index (χ2n) is 3.65. The Hall–Kier alpha value is -0.940. The maximum absolute atomic E-state index is 11.1. The number of halogens is 1. The van der Waals surface area contributed by atoms with Crippen molar-refractivity contribution in [3.8, 4) is 0 Å². The molecule has 0 bridgehead atoms. The fraction of sp³-hybridized carbons (Fsp3) is 0.455. The predicted octanol–water partition coefficient (Wildman–Crippen LogP) is 2.36. The van der Waals surface area contributed by atoms with Gasteiger partial charge in [-0.2, -0.15) is 0 Å². The molecule has 0 aliphatic carbocycles. The minimum absolute atomic E-state index is 0.145. The number of hydrogen-bond donors (Lipinski definition) is 2. The third-order valence-electron chi connectivity index (χ3n) is 2.36. The highest BCUT2D eigenvalue weighted by atomic mass is 79.9. The minimum Gasteiger partial charge on any atom is -0.480 e. The van der Waals surface area contributed by atoms with Gasteiger partial charge in [-0.05, 0) is 41.4 Å². The quantitative estimate of drug-likeness (QED) is 0.872. The maximum atomic E-state index is 11.1. The molecular formula is C11H15BrN2O2. The summed E-state index contributed by atoms with van der Waals surface area (Å²) in [5, 5.41) is 12.2. The third-order valence-corrected chi connectivity index (χ3v) is 2.83. The lowest BCUT2D eigenvalue weighted by Crippen LogP contribution is -2.35. The first-order valence-electron chi connectivity index (χ1n) is 5.15. The van der Waals surface area contributed by atoms with E-state index in [1.54, 1.807) is 18.3 Å². The summed E-state index contributed by atoms with van der Waals surface area (Å²) in [6, 6.07) is 2.89. The topological polar surface area (TPSA) is 62.2 Å². The van der Waals surface area contributed by atoms with Gasteiger partial charge in [-0.15, -0.1) is 0 Å². The number of pyridine rings is 1. The molecule has 0 fully saturated rings. The smallest absolute Gasteiger partial charge is 0.326 e. The maximum Gasteiger partial charge on any atom is 0.326 e. The van der Waals surface area contributed by atoms with Crippen molar-refractivity contribution in [2.75, 3.05) is 0 Å². The van der Waals surface area contributed by atoms with E-state index >= 15 is 0 Å². The van der Waals surface area contributed by atoms with Gasteiger partial charge in [-0.25, -0.2) is 0 Å². The molecule has 1 aromatic rings. The highest BCUT2D eigenvalue weighted by molar-refractivity contribution is 9.10. The average molecular weight is 287 g/mol. The molecule has 2 atom stereocenters. The van der Waals surface area contributed by atoms with Crippen LogP contribution in [0.25, 0.3) is 0 Å². The normalized spacial score (nSPS) is 14.4. The van der Waals surface area contributed by atoms with Crippen LogP contribution in [0.1, 0.15) is 32.0 Å². The highest BCUT2D eigenvalue weighted by Crippen LogP contribution is 2.15. The van der Waals surface area contributed by atoms with Crippen LogP contribution in [-0.4, -0.2) is 22.1 Å². The molecule has 1 rings (SSSR count). The number of rotatable bonds is 5. The zero-order valence-corrected chi connectivity index (χ0v) is 10.9. The number of carboxylic acids is 1. The van der Waals surface area contributed by atoms with Gasteiger partial charge in [0.05, 0.1) is 5.69 Å². The summed E-state index contributed by atoms with van der Waals surface area (Å²) in [6.07, 6.45) is 2.48. The zero-order chi connectivity index (χ0) is 12.1. The second-order valence-corrected chi connectivity index (χ2v) is 4.56. The Kier molecular flexibility index (Phi) is 4.89. The van der Waals surface area contributed by atoms with Gasteiger partial charge in [-0.3, -0.25) is 15.1 Å². The Morgan fingerprint density at radius 3 is 2.75 bits per heavy atom. The van der Waals surface area contributed by atoms with Crippen molar-refractivity contribution in [1.82, 2.24) is 10.3 Å². The summed E-state index contributed by atoms with van der Waals surface area (Å²) in [4.78, 5) is 15.2. The zero-order valence-electron chi connectivity index (χ0n) is 9.27. The van der Waals surface area contributed by atoms with E-state index in [-0.39, 0.29) is 6.04 Å². The van der Waals surface area contributed by atoms with Gasteiger partial charge in [0.2, 0.25) is 0 Å². The van der Waals surface area contributed by atoms with Crippen LogP contribution in [0.5, 0.6) is 0 Å². The molecule has 0 aromatic carbocycles. The summed E-state index contributed by atoms with van der Waals surface area (Å²) in [7, 11) is 0. The molecule has 0 spiro atoms. The molecule has 0 amide bonds. The number of aromatic nitrogens is 1. The van der Waals surface area contributed by atoms with Crippen molar-refractivity contribution >= 4 is 21.9 Å². The largest absolute Gasteiger partial charge is 0.480 e. The van der Waals surface area contributed by atoms with Gasteiger partial charge >= 0.3 is 5.97 Å². The Bertz CT molecular complexity index is 354. The number of carbonyl (C=O) groups is 1. The minimum atomic E-state index is -0.907. The number of nitrogens with one attached hydrogen (secondary N) is 1. The molecule has 88 valence electrons. The van der Waals surface area contributed by atoms with Crippen molar-refractivity contribution in [3.63, 3.8) is 0 Å². The Morgan fingerprint density at radius 1 is 1.62 bits per heavy atom. The van der Waals surface area contributed by atoms with Crippen LogP contribution in [-0.2, 0) is 4.79 Å². The summed E-state index contributed by atoms with van der Waals surface area (Å²) < 4.78 is 0.837. The Morgan fingerprint density at radius 2 is 2.31 bits per heavy atom. The number of carboxylic acid groups (broad SMARTS) is 1. The summed E-state index contributed by atoms with van der Waals surface area (Å²) in [6.45, 7) is 3.96. The number of aliphatic carboxylic acids is 1. The van der Waals surface area contributed by atoms with Crippen LogP contribution >= 0.6 is 15.9 Å². The lowest BCUT2D eigenvalue weighted by molar-refractivity contribution is -0.140. The summed E-state index contributed by atoms with van der Waals surface area (Å²) >= 11 is 3.27. The molecule has 0 saturated heterocycles. The molecular weight excluding hydrogens is 272 g/mol. The molecule has 0 radical (unpaired) electrons. The van der Waals surface area contributed by atoms with E-state index in [9.17, 15) is 4.79 Å². The van der Waals surface area contributed by atoms with Crippen LogP contribution in [0.4, 0.5) is 0 Å². The van der Waals surface area contributed by atoms with Gasteiger partial charge < -0.3 is 5.11 Å². The van der Waals surface area contributed by atoms with E-state index < -0.39 is 12.0 Å². The lowest BCUT2D eigenvalue weighted by atomic mass is 10.1. The molecule has 2 N–H and O–H groups in total. The van der Waals surface area contributed by atoms with E-state index in [1.807, 2.05) is 13.8 Å². The summed E-state index contributed by atoms with van der Waals surface area (Å²) in [5.74, 6) is -0.907. The summed E-state index contributed by atoms with van der Waals surface area (Å²) in [5.41, 5.74) is 0.524. The van der Waals surface area contributed by atoms with Crippen LogP contribution < -0.4 is 5.32 Å². The molecule has 0 aliphatic rings. The molecule has 1 aromatic heterocycles. The number of hydrogen-bond acceptors (Lipinski definition) is 3. The molecule has 0 saturated carbocycles. The van der Waals surface area contributed by atoms with Crippen molar-refractivity contribution in [2.45, 2.75) is 32.4 Å². The standard InChI is InChI=1S/C11H15BrN2O2/c1-3-7(2)14-10(11(15)16)9-5-4-8(12)6-13-9/h4-7,10,14H,3H2,1-2H3,(H,15,16). The van der Waals surface area contributed by atoms with E-state index in [0.717, 1.165) is 10.9 Å². The van der Waals surface area contributed by atoms with E-state index in [1.165, 1.54) is 0 Å². The van der Waals surface area contributed by atoms with Crippen LogP contribution in [0, 0.1) is 0 Å². The van der Waals surface area contributed by atoms with Crippen LogP contribution in [0.3, 0.4) is 0 Å². The Balaban J connectivity index is 2.85. The predicted molar refractivity (Wildman–Crippen MR) is 65.2 cm³/mol. The molecule has 16 heavy (non-hydrogen) atoms. The van der Waals surface area contributed by atoms with Crippen molar-refractivity contribution in [2.24, 2.45) is 0 Å². The van der Waals surface area contributed by atoms with Crippen molar-refractivity contribution in [3.05, 3.63) is 28.5 Å². The second kappa shape index (κ2) is 5.96. The third kappa shape index (κ3) is 3.57. The van der Waals surface area contributed by atoms with Gasteiger partial charge in [0, 0.05) is 16.7 Å². The first-order valence-corrected chi connectivity index (χ1v) is 5.94. The molecule has 4 nitrogen and oxygen atoms in total. The first kappa shape index (κ1) is 13.1. The van der Waals surface area contributed by atoms with E-state index in [0.29, 0.717) is 5.69 Å². The monoisotopic (exact) mass is 286 g/mol. The van der Waals surface area contributed by atoms with Gasteiger partial charge in [-0.1, -0.05) is 6.92 Å². The molecule has 1 heterocycles. The lowest BCUT2D eigenvalue weighted by Gasteiger charge is -2.18. The van der Waals surface area contributed by atoms with Crippen molar-refractivity contribution < 1.29 is 9.90 Å². The number of nitrogens with zero attached hydrogens (tertiary/aromatic N) is 1. The van der Waals surface area contributed by atoms with Crippen molar-refractivity contribution in [1.29, 1.82) is 0 Å². The van der Waals surface area contributed by atoms with E-state index in [2.05, 4.69) is 26.2 Å². The Labute approximate surface area is 103 Å². The van der Waals surface area contributed by atoms with Gasteiger partial charge in [0.15, 0.2) is 0 Å². The van der Waals surface area contributed by atoms with Crippen LogP contribution in [0.2, 0.25) is 0 Å². The van der Waals surface area contributed by atoms with Gasteiger partial charge in [0.25, 0.3) is 0 Å². The average Bonchev–Trinajstić information content (AvgIpc) is 2.26. The van der Waals surface area contributed by atoms with E-state index in [4.69, 9.17) is 5.11 Å². The SMILES string of the molecule is CCC(C)NC(C(=O)O)c1ccc(Br)cn1. The van der Waals surface area contributed by atoms with Gasteiger partial charge in [0.1, 0.15) is 6.04 Å². The first-order chi connectivity index (χ1) is 7.54. The molecule has 0 aliphatic heterocycles. The molecule has 2 unspecified atom stereocenters. The fourth-order valence-corrected chi connectivity index (χ4v) is 1.48. The highest BCUT2D eigenvalue weighted by Gasteiger charge is 2.22. The fourth-order valence-electron chi connectivity index (χ4n) is 1.24. The van der Waals surface area contributed by atoms with Crippen LogP contribution in [0.15, 0.2) is 22.8 Å². The molecule has 5 heteroatoms.